The van der Waals surface area contributed by atoms with E-state index in [0.717, 1.165) is 25.7 Å². The topological polar surface area (TPSA) is 55.8 Å². The molecular weight excluding hydrogens is 364 g/mol. The second kappa shape index (κ2) is 5.44. The third-order valence-electron chi connectivity index (χ3n) is 9.93. The van der Waals surface area contributed by atoms with Crippen LogP contribution in [-0.2, 0) is 14.3 Å². The van der Waals surface area contributed by atoms with Crippen molar-refractivity contribution in [3.05, 3.63) is 23.3 Å². The van der Waals surface area contributed by atoms with E-state index >= 15 is 0 Å². The number of aldehydes is 1. The SMILES string of the molecule is CC1(C)OC[C@]2(O1)[C@H]1C[C@H]1C1C3C(=CC[C@@]12C)[C@@]1(C)CCC(O)C=C1C[C@H]3C=O. The van der Waals surface area contributed by atoms with Crippen LogP contribution >= 0.6 is 0 Å². The number of ether oxygens (including phenoxy) is 2. The smallest absolute Gasteiger partial charge is 0.163 e. The van der Waals surface area contributed by atoms with Gasteiger partial charge in [0.15, 0.2) is 5.79 Å². The van der Waals surface area contributed by atoms with Crippen LogP contribution in [-0.4, -0.2) is 35.5 Å². The van der Waals surface area contributed by atoms with Gasteiger partial charge in [-0.3, -0.25) is 0 Å². The molecule has 1 aliphatic heterocycles. The van der Waals surface area contributed by atoms with Gasteiger partial charge in [0.05, 0.1) is 12.7 Å². The highest BCUT2D eigenvalue weighted by Gasteiger charge is 2.79. The fourth-order valence-corrected chi connectivity index (χ4v) is 8.51. The molecule has 0 radical (unpaired) electrons. The molecule has 3 saturated carbocycles. The highest BCUT2D eigenvalue weighted by molar-refractivity contribution is 5.60. The maximum absolute atomic E-state index is 12.3. The van der Waals surface area contributed by atoms with Crippen LogP contribution < -0.4 is 0 Å². The second-order valence-electron chi connectivity index (χ2n) is 11.7. The van der Waals surface area contributed by atoms with Gasteiger partial charge < -0.3 is 19.4 Å². The predicted octanol–water partition coefficient (Wildman–Crippen LogP) is 4.03. The van der Waals surface area contributed by atoms with Crippen molar-refractivity contribution in [1.82, 2.24) is 0 Å². The third-order valence-corrected chi connectivity index (χ3v) is 9.93. The molecule has 0 bridgehead atoms. The number of fused-ring (bicyclic) bond motifs is 9. The molecule has 6 rings (SSSR count). The standard InChI is InChI=1S/C25H34O4/c1-22(2)28-13-25(29-22)19-11-17(19)21-20-14(12-26)9-15-10-16(27)5-7-23(15,3)18(20)6-8-24(21,25)4/h6,10,12,14,16-17,19-21,27H,5,7-9,11,13H2,1-4H3/t14-,16?,17+,19-,20?,21?,23-,24-,25-/m0/s1. The number of hydrogen-bond acceptors (Lipinski definition) is 4. The molecule has 29 heavy (non-hydrogen) atoms. The van der Waals surface area contributed by atoms with E-state index in [-0.39, 0.29) is 28.5 Å². The Morgan fingerprint density at radius 1 is 1.24 bits per heavy atom. The van der Waals surface area contributed by atoms with Crippen LogP contribution in [0.2, 0.25) is 0 Å². The molecule has 0 amide bonds. The highest BCUT2D eigenvalue weighted by atomic mass is 16.8. The van der Waals surface area contributed by atoms with Gasteiger partial charge in [-0.25, -0.2) is 0 Å². The zero-order valence-corrected chi connectivity index (χ0v) is 18.1. The Bertz CT molecular complexity index is 842. The summed E-state index contributed by atoms with van der Waals surface area (Å²) in [5.41, 5.74) is 2.61. The first kappa shape index (κ1) is 18.8. The van der Waals surface area contributed by atoms with E-state index in [2.05, 4.69) is 26.0 Å². The number of allylic oxidation sites excluding steroid dienone is 3. The van der Waals surface area contributed by atoms with Gasteiger partial charge >= 0.3 is 0 Å². The Balaban J connectivity index is 1.48. The average molecular weight is 399 g/mol. The first-order valence-corrected chi connectivity index (χ1v) is 11.5. The minimum atomic E-state index is -0.521. The molecule has 3 unspecified atom stereocenters. The lowest BCUT2D eigenvalue weighted by molar-refractivity contribution is -0.198. The molecule has 1 saturated heterocycles. The summed E-state index contributed by atoms with van der Waals surface area (Å²) in [5.74, 6) is 1.51. The van der Waals surface area contributed by atoms with E-state index in [4.69, 9.17) is 9.47 Å². The largest absolute Gasteiger partial charge is 0.389 e. The monoisotopic (exact) mass is 398 g/mol. The van der Waals surface area contributed by atoms with Gasteiger partial charge in [0, 0.05) is 16.7 Å². The number of hydrogen-bond donors (Lipinski definition) is 1. The fraction of sp³-hybridized carbons (Fsp3) is 0.800. The van der Waals surface area contributed by atoms with Crippen LogP contribution in [0.1, 0.15) is 59.8 Å². The Labute approximate surface area is 173 Å². The van der Waals surface area contributed by atoms with E-state index in [1.165, 1.54) is 23.9 Å². The number of aliphatic hydroxyl groups is 1. The van der Waals surface area contributed by atoms with Crippen molar-refractivity contribution in [2.75, 3.05) is 6.61 Å². The molecule has 158 valence electrons. The summed E-state index contributed by atoms with van der Waals surface area (Å²) in [4.78, 5) is 12.3. The lowest BCUT2D eigenvalue weighted by Gasteiger charge is -2.58. The zero-order chi connectivity index (χ0) is 20.4. The highest BCUT2D eigenvalue weighted by Crippen LogP contribution is 2.78. The van der Waals surface area contributed by atoms with Gasteiger partial charge in [-0.1, -0.05) is 37.1 Å². The van der Waals surface area contributed by atoms with E-state index in [1.54, 1.807) is 0 Å². The van der Waals surface area contributed by atoms with Crippen molar-refractivity contribution >= 4 is 6.29 Å². The minimum absolute atomic E-state index is 0.0111. The molecule has 4 heteroatoms. The van der Waals surface area contributed by atoms with Gasteiger partial charge in [0.2, 0.25) is 0 Å². The first-order chi connectivity index (χ1) is 13.7. The predicted molar refractivity (Wildman–Crippen MR) is 109 cm³/mol. The van der Waals surface area contributed by atoms with Crippen LogP contribution in [0, 0.1) is 40.4 Å². The lowest BCUT2D eigenvalue weighted by atomic mass is 9.47. The normalized spacial score (nSPS) is 56.6. The van der Waals surface area contributed by atoms with E-state index in [1.807, 2.05) is 13.8 Å². The summed E-state index contributed by atoms with van der Waals surface area (Å²) in [5, 5.41) is 10.2. The Morgan fingerprint density at radius 3 is 2.72 bits per heavy atom. The number of carbonyl (C=O) groups is 1. The molecule has 1 N–H and O–H groups in total. The third kappa shape index (κ3) is 2.14. The van der Waals surface area contributed by atoms with Gasteiger partial charge in [-0.15, -0.1) is 0 Å². The molecule has 5 aliphatic carbocycles. The van der Waals surface area contributed by atoms with Crippen molar-refractivity contribution < 1.29 is 19.4 Å². The number of carbonyl (C=O) groups excluding carboxylic acids is 1. The molecule has 9 atom stereocenters. The van der Waals surface area contributed by atoms with Crippen LogP contribution in [0.4, 0.5) is 0 Å². The summed E-state index contributed by atoms with van der Waals surface area (Å²) in [7, 11) is 0. The molecule has 1 spiro atoms. The quantitative estimate of drug-likeness (QED) is 0.535. The maximum atomic E-state index is 12.3. The lowest BCUT2D eigenvalue weighted by Crippen LogP contribution is -2.56. The molecular formula is C25H34O4. The van der Waals surface area contributed by atoms with Crippen LogP contribution in [0.25, 0.3) is 0 Å². The van der Waals surface area contributed by atoms with Crippen molar-refractivity contribution in [3.8, 4) is 0 Å². The molecule has 0 aromatic rings. The first-order valence-electron chi connectivity index (χ1n) is 11.5. The summed E-state index contributed by atoms with van der Waals surface area (Å²) in [6.45, 7) is 9.55. The molecule has 4 nitrogen and oxygen atoms in total. The van der Waals surface area contributed by atoms with E-state index < -0.39 is 5.79 Å². The molecule has 1 heterocycles. The second-order valence-corrected chi connectivity index (χ2v) is 11.7. The molecule has 4 fully saturated rings. The van der Waals surface area contributed by atoms with Crippen molar-refractivity contribution in [2.24, 2.45) is 40.4 Å². The van der Waals surface area contributed by atoms with Crippen molar-refractivity contribution in [3.63, 3.8) is 0 Å². The molecule has 0 aromatic heterocycles. The zero-order valence-electron chi connectivity index (χ0n) is 18.1. The van der Waals surface area contributed by atoms with Gasteiger partial charge in [-0.05, 0) is 69.6 Å². The van der Waals surface area contributed by atoms with Crippen LogP contribution in [0.15, 0.2) is 23.3 Å². The number of aliphatic hydroxyl groups excluding tert-OH is 1. The summed E-state index contributed by atoms with van der Waals surface area (Å²) < 4.78 is 12.9. The number of rotatable bonds is 1. The fourth-order valence-electron chi connectivity index (χ4n) is 8.51. The summed E-state index contributed by atoms with van der Waals surface area (Å²) in [6.07, 6.45) is 10.2. The van der Waals surface area contributed by atoms with Crippen LogP contribution in [0.5, 0.6) is 0 Å². The van der Waals surface area contributed by atoms with Crippen LogP contribution in [0.3, 0.4) is 0 Å². The molecule has 0 aromatic carbocycles. The Morgan fingerprint density at radius 2 is 2.03 bits per heavy atom. The van der Waals surface area contributed by atoms with Gasteiger partial charge in [0.25, 0.3) is 0 Å². The average Bonchev–Trinajstić information content (AvgIpc) is 3.33. The van der Waals surface area contributed by atoms with Crippen molar-refractivity contribution in [1.29, 1.82) is 0 Å². The maximum Gasteiger partial charge on any atom is 0.163 e. The van der Waals surface area contributed by atoms with Gasteiger partial charge in [-0.2, -0.15) is 0 Å². The van der Waals surface area contributed by atoms with E-state index in [0.29, 0.717) is 30.3 Å². The van der Waals surface area contributed by atoms with Crippen molar-refractivity contribution in [2.45, 2.75) is 77.3 Å². The minimum Gasteiger partial charge on any atom is -0.389 e. The summed E-state index contributed by atoms with van der Waals surface area (Å²) >= 11 is 0. The van der Waals surface area contributed by atoms with Gasteiger partial charge in [0.1, 0.15) is 11.9 Å². The summed E-state index contributed by atoms with van der Waals surface area (Å²) in [6, 6.07) is 0. The molecule has 6 aliphatic rings. The Kier molecular flexibility index (Phi) is 3.52. The van der Waals surface area contributed by atoms with E-state index in [9.17, 15) is 9.90 Å². The Hall–Kier alpha value is -0.970.